The summed E-state index contributed by atoms with van der Waals surface area (Å²) in [5.74, 6) is -0.330. The quantitative estimate of drug-likeness (QED) is 0.101. The Balaban J connectivity index is 1.28. The number of carbonyl (C=O) groups is 1. The van der Waals surface area contributed by atoms with Gasteiger partial charge in [0.1, 0.15) is 17.5 Å². The number of nitrogens with one attached hydrogen (secondary N) is 2. The third kappa shape index (κ3) is 9.75. The lowest BCUT2D eigenvalue weighted by Crippen LogP contribution is -2.38. The number of hydrogen-bond donors (Lipinski definition) is 4. The highest BCUT2D eigenvalue weighted by atomic mass is 35.5. The van der Waals surface area contributed by atoms with Crippen LogP contribution in [0.2, 0.25) is 5.15 Å². The van der Waals surface area contributed by atoms with E-state index in [9.17, 15) is 23.4 Å². The number of amides is 1. The van der Waals surface area contributed by atoms with Gasteiger partial charge in [-0.05, 0) is 72.5 Å². The van der Waals surface area contributed by atoms with Gasteiger partial charge in [0.2, 0.25) is 9.84 Å². The Morgan fingerprint density at radius 3 is 2.14 bits per heavy atom. The first-order valence-electron chi connectivity index (χ1n) is 15.9. The van der Waals surface area contributed by atoms with E-state index in [-0.39, 0.29) is 46.9 Å². The molecule has 0 aliphatic rings. The molecule has 0 aliphatic carbocycles. The predicted molar refractivity (Wildman–Crippen MR) is 188 cm³/mol. The summed E-state index contributed by atoms with van der Waals surface area (Å²) < 4.78 is 33.2. The first-order valence-corrected chi connectivity index (χ1v) is 17.7. The van der Waals surface area contributed by atoms with E-state index in [4.69, 9.17) is 16.3 Å². The molecular formula is C38H38ClN3O6S. The van der Waals surface area contributed by atoms with Crippen molar-refractivity contribution in [1.82, 2.24) is 15.6 Å². The van der Waals surface area contributed by atoms with Gasteiger partial charge in [0.25, 0.3) is 5.91 Å². The Hall–Kier alpha value is -4.58. The second-order valence-electron chi connectivity index (χ2n) is 11.4. The lowest BCUT2D eigenvalue weighted by atomic mass is 9.96. The topological polar surface area (TPSA) is 138 Å². The van der Waals surface area contributed by atoms with Crippen molar-refractivity contribution >= 4 is 27.3 Å². The lowest BCUT2D eigenvalue weighted by Gasteiger charge is -2.25. The average Bonchev–Trinajstić information content (AvgIpc) is 3.13. The SMILES string of the molecule is O=C(NCCO)c1cc(S(=O)(=O)c2ccc(CCNC(Cc3ccccc3)[C@H](O)c3ccc(Cl)nc3)cc2)ccc1OCc1ccccc1. The number of rotatable bonds is 16. The van der Waals surface area contributed by atoms with Gasteiger partial charge in [-0.1, -0.05) is 90.5 Å². The number of ether oxygens (including phenoxy) is 1. The van der Waals surface area contributed by atoms with Gasteiger partial charge in [-0.15, -0.1) is 0 Å². The molecule has 1 heterocycles. The van der Waals surface area contributed by atoms with E-state index in [1.54, 1.807) is 42.6 Å². The van der Waals surface area contributed by atoms with Crippen molar-refractivity contribution in [2.24, 2.45) is 0 Å². The smallest absolute Gasteiger partial charge is 0.255 e. The van der Waals surface area contributed by atoms with Gasteiger partial charge in [-0.3, -0.25) is 4.79 Å². The summed E-state index contributed by atoms with van der Waals surface area (Å²) in [7, 11) is -3.98. The number of aliphatic hydroxyl groups is 2. The van der Waals surface area contributed by atoms with Crippen LogP contribution in [0.25, 0.3) is 0 Å². The molecule has 0 fully saturated rings. The van der Waals surface area contributed by atoms with Crippen LogP contribution in [-0.2, 0) is 29.3 Å². The number of pyridine rings is 1. The standard InChI is InChI=1S/C38H38ClN3O6S/c39-36-18-13-30(25-42-36)37(44)34(23-28-7-3-1-4-8-28)40-20-19-27-11-14-31(15-12-27)49(46,47)32-16-17-35(33(24-32)38(45)41-21-22-43)48-26-29-9-5-2-6-10-29/h1-18,24-25,34,37,40,43-44H,19-23,26H2,(H,41,45)/t34?,37-/m1/s1. The molecule has 5 aromatic rings. The zero-order valence-electron chi connectivity index (χ0n) is 26.7. The second-order valence-corrected chi connectivity index (χ2v) is 13.8. The highest BCUT2D eigenvalue weighted by Crippen LogP contribution is 2.28. The van der Waals surface area contributed by atoms with Gasteiger partial charge in [-0.25, -0.2) is 13.4 Å². The highest BCUT2D eigenvalue weighted by Gasteiger charge is 2.23. The number of carbonyl (C=O) groups excluding carboxylic acids is 1. The molecule has 49 heavy (non-hydrogen) atoms. The van der Waals surface area contributed by atoms with Crippen LogP contribution >= 0.6 is 11.6 Å². The molecular weight excluding hydrogens is 662 g/mol. The molecule has 0 aliphatic heterocycles. The van der Waals surface area contributed by atoms with Gasteiger partial charge in [-0.2, -0.15) is 0 Å². The average molecular weight is 700 g/mol. The van der Waals surface area contributed by atoms with E-state index >= 15 is 0 Å². The Kier molecular flexibility index (Phi) is 12.5. The molecule has 0 bridgehead atoms. The fourth-order valence-electron chi connectivity index (χ4n) is 5.31. The van der Waals surface area contributed by atoms with Crippen LogP contribution in [0.15, 0.2) is 131 Å². The minimum atomic E-state index is -3.98. The molecule has 254 valence electrons. The molecule has 0 saturated heterocycles. The van der Waals surface area contributed by atoms with Crippen LogP contribution in [-0.4, -0.2) is 55.3 Å². The fourth-order valence-corrected chi connectivity index (χ4v) is 6.71. The molecule has 0 spiro atoms. The van der Waals surface area contributed by atoms with Crippen LogP contribution in [0.4, 0.5) is 0 Å². The summed E-state index contributed by atoms with van der Waals surface area (Å²) in [6.45, 7) is 0.459. The van der Waals surface area contributed by atoms with Crippen LogP contribution in [0.1, 0.15) is 38.7 Å². The van der Waals surface area contributed by atoms with Crippen molar-refractivity contribution in [3.63, 3.8) is 0 Å². The van der Waals surface area contributed by atoms with Gasteiger partial charge in [0.15, 0.2) is 0 Å². The molecule has 1 aromatic heterocycles. The molecule has 0 radical (unpaired) electrons. The molecule has 1 unspecified atom stereocenters. The normalized spacial score (nSPS) is 12.6. The second kappa shape index (κ2) is 17.2. The third-order valence-corrected chi connectivity index (χ3v) is 9.96. The van der Waals surface area contributed by atoms with Crippen molar-refractivity contribution in [2.75, 3.05) is 19.7 Å². The number of hydrogen-bond acceptors (Lipinski definition) is 8. The summed E-state index contributed by atoms with van der Waals surface area (Å²) in [6.07, 6.45) is 1.91. The minimum absolute atomic E-state index is 0.00849. The van der Waals surface area contributed by atoms with Crippen molar-refractivity contribution in [3.05, 3.63) is 154 Å². The van der Waals surface area contributed by atoms with E-state index in [1.165, 1.54) is 18.2 Å². The number of benzene rings is 4. The van der Waals surface area contributed by atoms with E-state index in [2.05, 4.69) is 15.6 Å². The van der Waals surface area contributed by atoms with E-state index in [0.717, 1.165) is 16.7 Å². The number of halogens is 1. The summed E-state index contributed by atoms with van der Waals surface area (Å²) in [4.78, 5) is 17.1. The van der Waals surface area contributed by atoms with Crippen molar-refractivity contribution in [2.45, 2.75) is 41.4 Å². The molecule has 11 heteroatoms. The Morgan fingerprint density at radius 2 is 1.49 bits per heavy atom. The van der Waals surface area contributed by atoms with Gasteiger partial charge < -0.3 is 25.6 Å². The molecule has 2 atom stereocenters. The van der Waals surface area contributed by atoms with Gasteiger partial charge >= 0.3 is 0 Å². The van der Waals surface area contributed by atoms with Crippen molar-refractivity contribution in [3.8, 4) is 5.75 Å². The summed E-state index contributed by atoms with van der Waals surface area (Å²) in [5.41, 5.74) is 3.56. The van der Waals surface area contributed by atoms with Gasteiger partial charge in [0, 0.05) is 24.3 Å². The van der Waals surface area contributed by atoms with Crippen molar-refractivity contribution in [1.29, 1.82) is 0 Å². The summed E-state index contributed by atoms with van der Waals surface area (Å²) >= 11 is 5.95. The zero-order chi connectivity index (χ0) is 34.6. The third-order valence-electron chi connectivity index (χ3n) is 7.97. The Bertz CT molecular complexity index is 1910. The van der Waals surface area contributed by atoms with E-state index < -0.39 is 21.8 Å². The zero-order valence-corrected chi connectivity index (χ0v) is 28.3. The largest absolute Gasteiger partial charge is 0.488 e. The fraction of sp³-hybridized carbons (Fsp3) is 0.211. The number of sulfone groups is 1. The molecule has 9 nitrogen and oxygen atoms in total. The Labute approximate surface area is 291 Å². The maximum Gasteiger partial charge on any atom is 0.255 e. The molecule has 4 aromatic carbocycles. The number of nitrogens with zero attached hydrogens (tertiary/aromatic N) is 1. The van der Waals surface area contributed by atoms with Crippen LogP contribution < -0.4 is 15.4 Å². The maximum atomic E-state index is 13.7. The predicted octanol–water partition coefficient (Wildman–Crippen LogP) is 5.35. The van der Waals surface area contributed by atoms with Crippen LogP contribution in [0.3, 0.4) is 0 Å². The molecule has 5 rings (SSSR count). The van der Waals surface area contributed by atoms with Crippen LogP contribution in [0.5, 0.6) is 5.75 Å². The summed E-state index contributed by atoms with van der Waals surface area (Å²) in [5, 5.41) is 26.8. The van der Waals surface area contributed by atoms with Crippen LogP contribution in [0, 0.1) is 0 Å². The lowest BCUT2D eigenvalue weighted by molar-refractivity contribution is 0.0940. The number of aromatic nitrogens is 1. The van der Waals surface area contributed by atoms with E-state index in [1.807, 2.05) is 60.7 Å². The first kappa shape index (κ1) is 35.7. The first-order chi connectivity index (χ1) is 23.7. The molecule has 4 N–H and O–H groups in total. The Morgan fingerprint density at radius 1 is 0.816 bits per heavy atom. The van der Waals surface area contributed by atoms with Gasteiger partial charge in [0.05, 0.1) is 28.1 Å². The van der Waals surface area contributed by atoms with E-state index in [0.29, 0.717) is 30.1 Å². The molecule has 1 amide bonds. The molecule has 0 saturated carbocycles. The van der Waals surface area contributed by atoms with Crippen molar-refractivity contribution < 1.29 is 28.2 Å². The maximum absolute atomic E-state index is 13.7. The highest BCUT2D eigenvalue weighted by molar-refractivity contribution is 7.91. The summed E-state index contributed by atoms with van der Waals surface area (Å²) in [6, 6.07) is 33.2. The minimum Gasteiger partial charge on any atom is -0.488 e. The number of aliphatic hydroxyl groups excluding tert-OH is 2. The monoisotopic (exact) mass is 699 g/mol.